The third-order valence-electron chi connectivity index (χ3n) is 4.78. The number of ketones is 1. The van der Waals surface area contributed by atoms with Crippen molar-refractivity contribution in [2.75, 3.05) is 32.6 Å². The number of ether oxygens (including phenoxy) is 2. The zero-order valence-corrected chi connectivity index (χ0v) is 17.3. The summed E-state index contributed by atoms with van der Waals surface area (Å²) >= 11 is 0. The van der Waals surface area contributed by atoms with Crippen LogP contribution in [0, 0.1) is 17.8 Å². The zero-order chi connectivity index (χ0) is 22.4. The number of rotatable bonds is 8. The number of primary amides is 1. The molecule has 31 heavy (non-hydrogen) atoms. The van der Waals surface area contributed by atoms with Gasteiger partial charge in [0.15, 0.2) is 11.5 Å². The number of carbonyl (C=O) groups is 2. The third-order valence-corrected chi connectivity index (χ3v) is 4.78. The van der Waals surface area contributed by atoms with Gasteiger partial charge in [-0.1, -0.05) is 12.5 Å². The Kier molecular flexibility index (Phi) is 6.85. The summed E-state index contributed by atoms with van der Waals surface area (Å²) in [6, 6.07) is 4.65. The van der Waals surface area contributed by atoms with E-state index in [1.165, 1.54) is 26.5 Å². The van der Waals surface area contributed by atoms with E-state index in [1.807, 2.05) is 0 Å². The largest absolute Gasteiger partial charge is 0.497 e. The number of anilines is 1. The predicted molar refractivity (Wildman–Crippen MR) is 115 cm³/mol. The van der Waals surface area contributed by atoms with E-state index in [9.17, 15) is 9.59 Å². The van der Waals surface area contributed by atoms with Gasteiger partial charge in [0.25, 0.3) is 5.91 Å². The van der Waals surface area contributed by atoms with Crippen molar-refractivity contribution in [1.82, 2.24) is 15.3 Å². The molecule has 0 radical (unpaired) electrons. The molecule has 2 aromatic rings. The first-order valence-corrected chi connectivity index (χ1v) is 9.50. The molecule has 0 aliphatic carbocycles. The summed E-state index contributed by atoms with van der Waals surface area (Å²) in [6.45, 7) is 4.97. The molecule has 1 atom stereocenters. The van der Waals surface area contributed by atoms with Crippen LogP contribution in [0.25, 0.3) is 0 Å². The number of nitrogens with one attached hydrogen (secondary N) is 2. The van der Waals surface area contributed by atoms with Gasteiger partial charge in [0.2, 0.25) is 0 Å². The van der Waals surface area contributed by atoms with Crippen LogP contribution in [0.4, 0.5) is 5.82 Å². The number of hydrogen-bond donors (Lipinski definition) is 3. The van der Waals surface area contributed by atoms with Crippen molar-refractivity contribution >= 4 is 17.5 Å². The van der Waals surface area contributed by atoms with Crippen LogP contribution in [-0.2, 0) is 4.79 Å². The van der Waals surface area contributed by atoms with E-state index in [2.05, 4.69) is 39.0 Å². The van der Waals surface area contributed by atoms with Crippen molar-refractivity contribution < 1.29 is 19.1 Å². The second kappa shape index (κ2) is 9.73. The summed E-state index contributed by atoms with van der Waals surface area (Å²) in [5, 5.41) is 6.21. The van der Waals surface area contributed by atoms with Crippen LogP contribution in [0.5, 0.6) is 11.5 Å². The highest BCUT2D eigenvalue weighted by Gasteiger charge is 2.31. The maximum atomic E-state index is 12.3. The number of nitrogens with zero attached hydrogens (tertiary/aromatic N) is 2. The molecule has 9 heteroatoms. The first kappa shape index (κ1) is 21.8. The maximum Gasteiger partial charge on any atom is 0.270 e. The molecule has 1 aromatic carbocycles. The van der Waals surface area contributed by atoms with Gasteiger partial charge in [-0.05, 0) is 24.1 Å². The molecule has 0 bridgehead atoms. The van der Waals surface area contributed by atoms with Crippen LogP contribution in [0.3, 0.4) is 0 Å². The van der Waals surface area contributed by atoms with Crippen LogP contribution in [0.2, 0.25) is 0 Å². The highest BCUT2D eigenvalue weighted by atomic mass is 16.5. The summed E-state index contributed by atoms with van der Waals surface area (Å²) in [5.41, 5.74) is 6.05. The lowest BCUT2D eigenvalue weighted by Gasteiger charge is -2.33. The predicted octanol–water partition coefficient (Wildman–Crippen LogP) is 0.747. The van der Waals surface area contributed by atoms with Gasteiger partial charge >= 0.3 is 0 Å². The van der Waals surface area contributed by atoms with Gasteiger partial charge in [-0.25, -0.2) is 9.97 Å². The molecular formula is C22H23N5O4. The monoisotopic (exact) mass is 421 g/mol. The van der Waals surface area contributed by atoms with Gasteiger partial charge < -0.3 is 25.8 Å². The third kappa shape index (κ3) is 5.18. The second-order valence-electron chi connectivity index (χ2n) is 6.81. The normalized spacial score (nSPS) is 13.7. The number of nitrogens with two attached hydrogens (primary N) is 1. The van der Waals surface area contributed by atoms with Crippen LogP contribution < -0.4 is 25.8 Å². The molecule has 1 aromatic heterocycles. The highest BCUT2D eigenvalue weighted by Crippen LogP contribution is 2.22. The Morgan fingerprint density at radius 3 is 2.45 bits per heavy atom. The molecule has 160 valence electrons. The number of aromatic nitrogens is 2. The quantitative estimate of drug-likeness (QED) is 0.421. The molecule has 9 nitrogen and oxygen atoms in total. The first-order valence-electron chi connectivity index (χ1n) is 9.50. The lowest BCUT2D eigenvalue weighted by Crippen LogP contribution is -2.53. The first-order chi connectivity index (χ1) is 14.9. The Labute approximate surface area is 180 Å². The Morgan fingerprint density at radius 1 is 1.26 bits per heavy atom. The zero-order valence-electron chi connectivity index (χ0n) is 17.3. The minimum Gasteiger partial charge on any atom is -0.497 e. The van der Waals surface area contributed by atoms with Crippen molar-refractivity contribution in [2.45, 2.75) is 6.04 Å². The van der Waals surface area contributed by atoms with Crippen molar-refractivity contribution in [1.29, 1.82) is 0 Å². The van der Waals surface area contributed by atoms with Gasteiger partial charge in [0.05, 0.1) is 26.5 Å². The van der Waals surface area contributed by atoms with Gasteiger partial charge in [-0.3, -0.25) is 9.59 Å². The number of hydrogen-bond acceptors (Lipinski definition) is 8. The minimum atomic E-state index is -0.756. The van der Waals surface area contributed by atoms with Crippen molar-refractivity contribution in [3.05, 3.63) is 54.0 Å². The van der Waals surface area contributed by atoms with Crippen LogP contribution >= 0.6 is 0 Å². The Hall–Kier alpha value is -3.90. The SMILES string of the molecule is C=CC(=O)C(Nc1cnc(C(N)=O)c(C#Cc2cc(OC)cc(OC)c2)n1)C1CNC1. The van der Waals surface area contributed by atoms with Crippen LogP contribution in [0.1, 0.15) is 21.7 Å². The molecule has 1 amide bonds. The maximum absolute atomic E-state index is 12.3. The number of carbonyl (C=O) groups excluding carboxylic acids is 2. The Bertz CT molecular complexity index is 1050. The fourth-order valence-corrected chi connectivity index (χ4v) is 2.99. The van der Waals surface area contributed by atoms with E-state index in [0.717, 1.165) is 0 Å². The van der Waals surface area contributed by atoms with Crippen molar-refractivity contribution in [2.24, 2.45) is 11.7 Å². The van der Waals surface area contributed by atoms with Crippen LogP contribution in [0.15, 0.2) is 37.1 Å². The molecule has 1 aliphatic rings. The molecule has 1 fully saturated rings. The smallest absolute Gasteiger partial charge is 0.270 e. The van der Waals surface area contributed by atoms with E-state index in [1.54, 1.807) is 18.2 Å². The Morgan fingerprint density at radius 2 is 1.94 bits per heavy atom. The lowest BCUT2D eigenvalue weighted by atomic mass is 9.91. The summed E-state index contributed by atoms with van der Waals surface area (Å²) in [6.07, 6.45) is 2.63. The average Bonchev–Trinajstić information content (AvgIpc) is 2.75. The molecule has 1 aliphatic heterocycles. The molecule has 4 N–H and O–H groups in total. The van der Waals surface area contributed by atoms with E-state index in [-0.39, 0.29) is 23.1 Å². The fraction of sp³-hybridized carbons (Fsp3) is 0.273. The van der Waals surface area contributed by atoms with Gasteiger partial charge in [0, 0.05) is 30.6 Å². The van der Waals surface area contributed by atoms with E-state index in [4.69, 9.17) is 15.2 Å². The summed E-state index contributed by atoms with van der Waals surface area (Å²) in [4.78, 5) is 32.5. The number of amides is 1. The number of methoxy groups -OCH3 is 2. The van der Waals surface area contributed by atoms with Crippen molar-refractivity contribution in [3.8, 4) is 23.3 Å². The molecule has 3 rings (SSSR count). The van der Waals surface area contributed by atoms with E-state index in [0.29, 0.717) is 36.0 Å². The van der Waals surface area contributed by atoms with Crippen LogP contribution in [-0.4, -0.2) is 55.0 Å². The van der Waals surface area contributed by atoms with Crippen molar-refractivity contribution in [3.63, 3.8) is 0 Å². The highest BCUT2D eigenvalue weighted by molar-refractivity contribution is 5.96. The lowest BCUT2D eigenvalue weighted by molar-refractivity contribution is -0.116. The number of benzene rings is 1. The molecule has 0 saturated carbocycles. The minimum absolute atomic E-state index is 0.0650. The molecule has 1 unspecified atom stereocenters. The van der Waals surface area contributed by atoms with E-state index < -0.39 is 11.9 Å². The molecule has 0 spiro atoms. The summed E-state index contributed by atoms with van der Waals surface area (Å²) in [7, 11) is 3.08. The fourth-order valence-electron chi connectivity index (χ4n) is 2.99. The topological polar surface area (TPSA) is 128 Å². The molecule has 2 heterocycles. The summed E-state index contributed by atoms with van der Waals surface area (Å²) in [5.74, 6) is 6.40. The Balaban J connectivity index is 1.95. The van der Waals surface area contributed by atoms with Gasteiger partial charge in [0.1, 0.15) is 23.0 Å². The molecule has 1 saturated heterocycles. The van der Waals surface area contributed by atoms with Gasteiger partial charge in [-0.15, -0.1) is 0 Å². The summed E-state index contributed by atoms with van der Waals surface area (Å²) < 4.78 is 10.5. The van der Waals surface area contributed by atoms with Gasteiger partial charge in [-0.2, -0.15) is 0 Å². The average molecular weight is 421 g/mol. The second-order valence-corrected chi connectivity index (χ2v) is 6.81. The standard InChI is InChI=1S/C22H23N5O4/c1-4-18(28)20(14-10-24-11-14)27-19-12-25-21(22(23)29)17(26-19)6-5-13-7-15(30-2)9-16(8-13)31-3/h4,7-9,12,14,20,24H,1,10-11H2,2-3H3,(H2,23,29)(H,26,27). The van der Waals surface area contributed by atoms with E-state index >= 15 is 0 Å². The molecular weight excluding hydrogens is 398 g/mol.